The molecular weight excluding hydrogens is 729 g/mol. The first-order valence-electron chi connectivity index (χ1n) is 18.4. The number of aromatic nitrogens is 1. The van der Waals surface area contributed by atoms with Crippen molar-refractivity contribution in [2.75, 3.05) is 25.0 Å². The van der Waals surface area contributed by atoms with Crippen molar-refractivity contribution >= 4 is 40.6 Å². The summed E-state index contributed by atoms with van der Waals surface area (Å²) >= 11 is 0. The Labute approximate surface area is 323 Å². The van der Waals surface area contributed by atoms with Crippen molar-refractivity contribution < 1.29 is 41.8 Å². The molecule has 0 aliphatic carbocycles. The van der Waals surface area contributed by atoms with Crippen LogP contribution >= 0.6 is 0 Å². The van der Waals surface area contributed by atoms with Gasteiger partial charge in [0, 0.05) is 30.9 Å². The molecule has 0 radical (unpaired) electrons. The Kier molecular flexibility index (Phi) is 13.9. The van der Waals surface area contributed by atoms with Gasteiger partial charge in [-0.3, -0.25) is 14.6 Å². The smallest absolute Gasteiger partial charge is 0.416 e. The number of carbonyl (C=O) groups is 4. The number of nitrogens with zero attached hydrogens (tertiary/aromatic N) is 2. The molecule has 5 rings (SSSR count). The van der Waals surface area contributed by atoms with Gasteiger partial charge in [0.2, 0.25) is 11.8 Å². The Morgan fingerprint density at radius 1 is 0.857 bits per heavy atom. The van der Waals surface area contributed by atoms with Crippen LogP contribution in [0.5, 0.6) is 0 Å². The number of pyridine rings is 1. The molecule has 3 atom stereocenters. The maximum absolute atomic E-state index is 13.9. The Bertz CT molecular complexity index is 1960. The minimum absolute atomic E-state index is 0.125. The highest BCUT2D eigenvalue weighted by Crippen LogP contribution is 2.29. The van der Waals surface area contributed by atoms with Crippen molar-refractivity contribution in [3.05, 3.63) is 108 Å². The molecule has 2 heterocycles. The Morgan fingerprint density at radius 3 is 2.29 bits per heavy atom. The number of halogens is 3. The van der Waals surface area contributed by atoms with E-state index in [1.165, 1.54) is 18.3 Å². The number of hydrogen-bond acceptors (Lipinski definition) is 8. The third-order valence-corrected chi connectivity index (χ3v) is 8.99. The average molecular weight is 777 g/mol. The molecule has 1 aliphatic rings. The van der Waals surface area contributed by atoms with Crippen LogP contribution in [0.1, 0.15) is 56.7 Å². The number of carbonyl (C=O) groups excluding carboxylic acids is 4. The van der Waals surface area contributed by atoms with E-state index in [1.807, 2.05) is 54.6 Å². The van der Waals surface area contributed by atoms with E-state index in [9.17, 15) is 32.3 Å². The molecule has 15 heteroatoms. The minimum atomic E-state index is -4.55. The largest absolute Gasteiger partial charge is 0.445 e. The van der Waals surface area contributed by atoms with E-state index in [2.05, 4.69) is 31.2 Å². The molecule has 4 N–H and O–H groups in total. The van der Waals surface area contributed by atoms with Crippen molar-refractivity contribution in [2.24, 2.45) is 0 Å². The van der Waals surface area contributed by atoms with E-state index in [0.717, 1.165) is 23.1 Å². The number of benzene rings is 3. The van der Waals surface area contributed by atoms with Crippen molar-refractivity contribution in [2.45, 2.75) is 83.0 Å². The summed E-state index contributed by atoms with van der Waals surface area (Å²) in [5, 5.41) is 11.8. The van der Waals surface area contributed by atoms with E-state index in [-0.39, 0.29) is 25.5 Å². The van der Waals surface area contributed by atoms with Gasteiger partial charge in [-0.15, -0.1) is 0 Å². The van der Waals surface area contributed by atoms with E-state index in [0.29, 0.717) is 49.2 Å². The van der Waals surface area contributed by atoms with Crippen LogP contribution in [0.4, 0.5) is 28.4 Å². The maximum Gasteiger partial charge on any atom is 0.416 e. The number of alkyl carbamates (subject to hydrolysis) is 2. The highest BCUT2D eigenvalue weighted by molar-refractivity contribution is 5.99. The summed E-state index contributed by atoms with van der Waals surface area (Å²) in [4.78, 5) is 59.5. The maximum atomic E-state index is 13.9. The Morgan fingerprint density at radius 2 is 1.57 bits per heavy atom. The fourth-order valence-electron chi connectivity index (χ4n) is 6.24. The van der Waals surface area contributed by atoms with Crippen LogP contribution in [-0.4, -0.2) is 77.2 Å². The molecule has 1 saturated heterocycles. The lowest BCUT2D eigenvalue weighted by molar-refractivity contribution is -0.137. The number of anilines is 1. The van der Waals surface area contributed by atoms with Gasteiger partial charge in [0.15, 0.2) is 0 Å². The van der Waals surface area contributed by atoms with Crippen LogP contribution in [0, 0.1) is 0 Å². The Balaban J connectivity index is 1.24. The zero-order valence-corrected chi connectivity index (χ0v) is 31.5. The summed E-state index contributed by atoms with van der Waals surface area (Å²) in [6.07, 6.45) is -3.24. The lowest BCUT2D eigenvalue weighted by Crippen LogP contribution is -2.54. The molecule has 1 aliphatic heterocycles. The number of fused-ring (bicyclic) bond motifs is 1. The van der Waals surface area contributed by atoms with E-state index in [1.54, 1.807) is 26.8 Å². The number of rotatable bonds is 14. The van der Waals surface area contributed by atoms with E-state index >= 15 is 0 Å². The zero-order valence-electron chi connectivity index (χ0n) is 31.5. The van der Waals surface area contributed by atoms with Gasteiger partial charge < -0.3 is 35.6 Å². The summed E-state index contributed by atoms with van der Waals surface area (Å²) in [5.41, 5.74) is 0.600. The summed E-state index contributed by atoms with van der Waals surface area (Å²) in [7, 11) is 0. The van der Waals surface area contributed by atoms with Gasteiger partial charge in [0.25, 0.3) is 0 Å². The molecule has 298 valence electrons. The predicted octanol–water partition coefficient (Wildman–Crippen LogP) is 6.59. The second-order valence-electron chi connectivity index (χ2n) is 14.7. The van der Waals surface area contributed by atoms with Crippen LogP contribution in [-0.2, 0) is 38.3 Å². The third kappa shape index (κ3) is 13.0. The molecule has 1 aromatic heterocycles. The van der Waals surface area contributed by atoms with Gasteiger partial charge in [-0.05, 0) is 82.0 Å². The minimum Gasteiger partial charge on any atom is -0.445 e. The Hall–Kier alpha value is -5.70. The molecule has 0 saturated carbocycles. The number of amides is 4. The van der Waals surface area contributed by atoms with Crippen LogP contribution in [0.2, 0.25) is 0 Å². The molecule has 56 heavy (non-hydrogen) atoms. The first kappa shape index (κ1) is 41.5. The summed E-state index contributed by atoms with van der Waals surface area (Å²) in [6, 6.07) is 20.2. The molecule has 0 bridgehead atoms. The van der Waals surface area contributed by atoms with Crippen LogP contribution in [0.25, 0.3) is 10.9 Å². The van der Waals surface area contributed by atoms with Gasteiger partial charge in [-0.2, -0.15) is 13.2 Å². The molecule has 1 unspecified atom stereocenters. The monoisotopic (exact) mass is 776 g/mol. The van der Waals surface area contributed by atoms with Gasteiger partial charge in [-0.25, -0.2) is 9.59 Å². The number of para-hydroxylation sites is 1. The van der Waals surface area contributed by atoms with Crippen molar-refractivity contribution in [1.29, 1.82) is 0 Å². The van der Waals surface area contributed by atoms with Crippen LogP contribution < -0.4 is 21.3 Å². The van der Waals surface area contributed by atoms with E-state index in [4.69, 9.17) is 9.47 Å². The van der Waals surface area contributed by atoms with Crippen LogP contribution in [0.3, 0.4) is 0 Å². The second kappa shape index (κ2) is 18.8. The number of alkyl halides is 3. The number of ether oxygens (including phenoxy) is 2. The number of nitrogens with one attached hydrogen (secondary N) is 4. The van der Waals surface area contributed by atoms with Gasteiger partial charge in [0.05, 0.1) is 23.0 Å². The molecule has 12 nitrogen and oxygen atoms in total. The lowest BCUT2D eigenvalue weighted by atomic mass is 10.0. The molecule has 1 fully saturated rings. The molecule has 3 aromatic carbocycles. The fraction of sp³-hybridized carbons (Fsp3) is 0.390. The molecule has 4 amide bonds. The second-order valence-corrected chi connectivity index (χ2v) is 14.7. The highest BCUT2D eigenvalue weighted by Gasteiger charge is 2.32. The van der Waals surface area contributed by atoms with Crippen molar-refractivity contribution in [3.8, 4) is 0 Å². The van der Waals surface area contributed by atoms with Gasteiger partial charge in [0.1, 0.15) is 24.3 Å². The van der Waals surface area contributed by atoms with Gasteiger partial charge in [-0.1, -0.05) is 60.7 Å². The molecular formula is C41H47F3N6O6. The molecule has 0 spiro atoms. The predicted molar refractivity (Wildman–Crippen MR) is 204 cm³/mol. The first-order chi connectivity index (χ1) is 26.6. The summed E-state index contributed by atoms with van der Waals surface area (Å²) < 4.78 is 50.6. The first-order valence-corrected chi connectivity index (χ1v) is 18.4. The van der Waals surface area contributed by atoms with Crippen molar-refractivity contribution in [1.82, 2.24) is 25.8 Å². The quantitative estimate of drug-likeness (QED) is 0.112. The summed E-state index contributed by atoms with van der Waals surface area (Å²) in [6.45, 7) is 7.01. The SMILES string of the molecule is CC(C)(C)OC(=O)N[C@@H](CCCN1CCC(NC(=O)OCc2ccccc2)C1)C(=O)N[C@H](Cc1ccc(C(F)(F)F)cc1)C(=O)Nc1cnc2ccccc2c1. The lowest BCUT2D eigenvalue weighted by Gasteiger charge is -2.26. The normalized spacial score (nSPS) is 15.7. The zero-order chi connectivity index (χ0) is 40.3. The summed E-state index contributed by atoms with van der Waals surface area (Å²) in [5.74, 6) is -1.31. The molecule has 4 aromatic rings. The number of likely N-dealkylation sites (tertiary alicyclic amines) is 1. The van der Waals surface area contributed by atoms with Gasteiger partial charge >= 0.3 is 18.4 Å². The highest BCUT2D eigenvalue weighted by atomic mass is 19.4. The number of hydrogen-bond donors (Lipinski definition) is 4. The average Bonchev–Trinajstić information content (AvgIpc) is 3.59. The van der Waals surface area contributed by atoms with Crippen LogP contribution in [0.15, 0.2) is 91.1 Å². The van der Waals surface area contributed by atoms with E-state index < -0.39 is 53.4 Å². The van der Waals surface area contributed by atoms with Crippen molar-refractivity contribution in [3.63, 3.8) is 0 Å². The fourth-order valence-corrected chi connectivity index (χ4v) is 6.24. The topological polar surface area (TPSA) is 151 Å². The standard InChI is InChI=1S/C41H47F3N6O6/c1-40(2,3)56-39(54)49-34(14-9-20-50-21-19-31(25-50)47-38(53)55-26-28-10-5-4-6-11-28)36(51)48-35(22-27-15-17-30(18-16-27)41(42,43)44)37(52)46-32-23-29-12-7-8-13-33(29)45-24-32/h4-8,10-13,15-18,23-24,31,34-35H,9,14,19-22,25-26H2,1-3H3,(H,46,52)(H,47,53)(H,48,51)(H,49,54)/t31?,34-,35+/m0/s1. The third-order valence-electron chi connectivity index (χ3n) is 8.99.